The van der Waals surface area contributed by atoms with Crippen molar-refractivity contribution >= 4 is 36.7 Å². The molecule has 0 atom stereocenters. The molecule has 1 rings (SSSR count). The fourth-order valence-electron chi connectivity index (χ4n) is 0.740. The van der Waals surface area contributed by atoms with Crippen LogP contribution in [0.3, 0.4) is 0 Å². The molecule has 0 saturated carbocycles. The topological polar surface area (TPSA) is 9.23 Å². The van der Waals surface area contributed by atoms with E-state index in [4.69, 9.17) is 2.81 Å². The predicted octanol–water partition coefficient (Wildman–Crippen LogP) is 4.37. The van der Waals surface area contributed by atoms with Gasteiger partial charge in [0.05, 0.1) is 0 Å². The van der Waals surface area contributed by atoms with Gasteiger partial charge in [-0.25, -0.2) is 0 Å². The molecule has 0 fully saturated rings. The molecule has 0 aromatic heterocycles. The van der Waals surface area contributed by atoms with Crippen LogP contribution < -0.4 is 2.81 Å². The Morgan fingerprint density at radius 3 is 2.00 bits per heavy atom. The first kappa shape index (κ1) is 11.4. The summed E-state index contributed by atoms with van der Waals surface area (Å²) in [5.74, 6) is 0.891. The quantitative estimate of drug-likeness (QED) is 0.667. The average molecular weight is 438 g/mol. The summed E-state index contributed by atoms with van der Waals surface area (Å²) in [6.45, 7) is 2.05. The van der Waals surface area contributed by atoms with Gasteiger partial charge >= 0.3 is 95.6 Å². The number of hydrogen-bond acceptors (Lipinski definition) is 1. The minimum atomic E-state index is -2.65. The summed E-state index contributed by atoms with van der Waals surface area (Å²) in [7, 11) is 0. The molecule has 0 N–H and O–H groups in total. The summed E-state index contributed by atoms with van der Waals surface area (Å²) in [5, 5.41) is 0. The molecule has 0 aliphatic rings. The fraction of sp³-hybridized carbons (Fsp3) is 0.143. The van der Waals surface area contributed by atoms with Gasteiger partial charge in [0.25, 0.3) is 0 Å². The molecule has 0 unspecified atom stereocenters. The first-order valence-corrected chi connectivity index (χ1v) is 21.2. The van der Waals surface area contributed by atoms with Crippen LogP contribution in [0, 0.1) is 6.92 Å². The first-order valence-electron chi connectivity index (χ1n) is 3.30. The van der Waals surface area contributed by atoms with Crippen LogP contribution in [0.4, 0.5) is 0 Å². The Kier molecular flexibility index (Phi) is 4.49. The third-order valence-corrected chi connectivity index (χ3v) is 5.28. The minimum absolute atomic E-state index is 0.891. The van der Waals surface area contributed by atoms with Gasteiger partial charge in [-0.1, -0.05) is 0 Å². The van der Waals surface area contributed by atoms with E-state index in [1.165, 1.54) is 5.56 Å². The van der Waals surface area contributed by atoms with E-state index in [2.05, 4.69) is 43.6 Å². The second kappa shape index (κ2) is 4.72. The number of benzene rings is 1. The summed E-state index contributed by atoms with van der Waals surface area (Å²) in [6, 6.07) is 7.98. The maximum absolute atomic E-state index is 5.62. The Balaban J connectivity index is 2.71. The van der Waals surface area contributed by atoms with E-state index in [1.807, 2.05) is 24.3 Å². The van der Waals surface area contributed by atoms with Crippen molar-refractivity contribution in [2.24, 2.45) is 0 Å². The van der Waals surface area contributed by atoms with Crippen molar-refractivity contribution in [2.75, 3.05) is 0 Å². The molecule has 0 saturated heterocycles. The van der Waals surface area contributed by atoms with Gasteiger partial charge in [-0.3, -0.25) is 0 Å². The van der Waals surface area contributed by atoms with E-state index in [0.717, 1.165) is 5.75 Å². The van der Waals surface area contributed by atoms with Crippen molar-refractivity contribution in [3.63, 3.8) is 0 Å². The summed E-state index contributed by atoms with van der Waals surface area (Å²) < 4.78 is 5.62. The van der Waals surface area contributed by atoms with Crippen LogP contribution in [-0.4, -0.2) is 0 Å². The van der Waals surface area contributed by atoms with Gasteiger partial charge < -0.3 is 0 Å². The van der Waals surface area contributed by atoms with E-state index in [-0.39, 0.29) is 0 Å². The van der Waals surface area contributed by atoms with E-state index in [0.29, 0.717) is 0 Å². The zero-order chi connectivity index (χ0) is 9.19. The molecule has 5 heteroatoms. The van der Waals surface area contributed by atoms with Crippen LogP contribution in [0.15, 0.2) is 24.3 Å². The van der Waals surface area contributed by atoms with Gasteiger partial charge in [0, 0.05) is 0 Å². The zero-order valence-corrected chi connectivity index (χ0v) is 13.6. The molecule has 0 heterocycles. The normalized spacial score (nSPS) is 11.3. The molecular formula is C7H7Br3OZr. The Hall–Kier alpha value is 1.34. The van der Waals surface area contributed by atoms with Crippen molar-refractivity contribution in [3.05, 3.63) is 29.8 Å². The van der Waals surface area contributed by atoms with Gasteiger partial charge in [-0.15, -0.1) is 0 Å². The fourth-order valence-corrected chi connectivity index (χ4v) is 5.05. The summed E-state index contributed by atoms with van der Waals surface area (Å²) in [5.41, 5.74) is 1.24. The van der Waals surface area contributed by atoms with Crippen molar-refractivity contribution in [2.45, 2.75) is 6.92 Å². The van der Waals surface area contributed by atoms with Gasteiger partial charge in [-0.2, -0.15) is 0 Å². The monoisotopic (exact) mass is 434 g/mol. The third kappa shape index (κ3) is 4.54. The molecule has 0 spiro atoms. The standard InChI is InChI=1S/C7H8O.3BrH.Zr/c1-6-2-4-7(8)5-3-6;;;;/h2-5,8H,1H3;3*1H;/q;;;;+4/p-4. The van der Waals surface area contributed by atoms with Crippen molar-refractivity contribution in [1.29, 1.82) is 0 Å². The Bertz CT molecular complexity index is 254. The number of rotatable bonds is 2. The van der Waals surface area contributed by atoms with Crippen molar-refractivity contribution in [3.8, 4) is 5.75 Å². The molecule has 0 aliphatic heterocycles. The Morgan fingerprint density at radius 1 is 1.08 bits per heavy atom. The molecule has 1 aromatic rings. The van der Waals surface area contributed by atoms with E-state index in [9.17, 15) is 0 Å². The van der Waals surface area contributed by atoms with E-state index in [1.54, 1.807) is 0 Å². The second-order valence-corrected chi connectivity index (χ2v) is 43.8. The van der Waals surface area contributed by atoms with E-state index < -0.39 is 13.7 Å². The Morgan fingerprint density at radius 2 is 1.58 bits per heavy atom. The van der Waals surface area contributed by atoms with Crippen LogP contribution in [0.1, 0.15) is 5.56 Å². The molecule has 12 heavy (non-hydrogen) atoms. The molecular weight excluding hydrogens is 431 g/mol. The molecule has 1 nitrogen and oxygen atoms in total. The third-order valence-electron chi connectivity index (χ3n) is 1.25. The average Bonchev–Trinajstić information content (AvgIpc) is 1.91. The SMILES string of the molecule is Cc1ccc([O][Zr]([Br])([Br])[Br])cc1. The molecule has 66 valence electrons. The van der Waals surface area contributed by atoms with Crippen molar-refractivity contribution < 1.29 is 16.5 Å². The summed E-state index contributed by atoms with van der Waals surface area (Å²) >= 11 is 7.71. The molecule has 0 radical (unpaired) electrons. The number of halogens is 3. The Labute approximate surface area is 94.3 Å². The van der Waals surface area contributed by atoms with E-state index >= 15 is 0 Å². The maximum atomic E-state index is 5.62. The molecule has 0 aliphatic carbocycles. The van der Waals surface area contributed by atoms with Gasteiger partial charge in [-0.05, 0) is 0 Å². The van der Waals surface area contributed by atoms with Crippen LogP contribution >= 0.6 is 36.7 Å². The van der Waals surface area contributed by atoms with Crippen LogP contribution in [-0.2, 0) is 13.7 Å². The van der Waals surface area contributed by atoms with Crippen LogP contribution in [0.25, 0.3) is 0 Å². The molecule has 0 amide bonds. The molecule has 1 aromatic carbocycles. The van der Waals surface area contributed by atoms with Gasteiger partial charge in [0.15, 0.2) is 0 Å². The zero-order valence-electron chi connectivity index (χ0n) is 6.35. The van der Waals surface area contributed by atoms with Crippen LogP contribution in [0.5, 0.6) is 5.75 Å². The summed E-state index contributed by atoms with van der Waals surface area (Å²) in [6.07, 6.45) is 0. The van der Waals surface area contributed by atoms with Crippen molar-refractivity contribution in [1.82, 2.24) is 0 Å². The van der Waals surface area contributed by atoms with Gasteiger partial charge in [0.2, 0.25) is 0 Å². The van der Waals surface area contributed by atoms with Crippen LogP contribution in [0.2, 0.25) is 0 Å². The van der Waals surface area contributed by atoms with Gasteiger partial charge in [0.1, 0.15) is 0 Å². The molecule has 0 bridgehead atoms. The first-order chi connectivity index (χ1) is 5.47. The number of aryl methyl sites for hydroxylation is 1. The second-order valence-electron chi connectivity index (χ2n) is 2.36. The predicted molar refractivity (Wildman–Crippen MR) is 58.6 cm³/mol. The summed E-state index contributed by atoms with van der Waals surface area (Å²) in [4.78, 5) is 0. The number of hydrogen-bond donors (Lipinski definition) is 0.